The Morgan fingerprint density at radius 1 is 0.395 bits per heavy atom. The van der Waals surface area contributed by atoms with E-state index in [9.17, 15) is 0 Å². The Bertz CT molecular complexity index is 1850. The third kappa shape index (κ3) is 6.29. The van der Waals surface area contributed by atoms with Crippen molar-refractivity contribution in [1.29, 1.82) is 0 Å². The van der Waals surface area contributed by atoms with Crippen molar-refractivity contribution in [3.05, 3.63) is 156 Å². The van der Waals surface area contributed by atoms with Gasteiger partial charge in [0.1, 0.15) is 11.5 Å². The van der Waals surface area contributed by atoms with Crippen LogP contribution in [0.4, 0.5) is 0 Å². The van der Waals surface area contributed by atoms with Crippen LogP contribution in [-0.4, -0.2) is 14.2 Å². The highest BCUT2D eigenvalue weighted by Gasteiger charge is 2.13. The third-order valence-electron chi connectivity index (χ3n) is 7.80. The molecule has 0 fully saturated rings. The number of aryl methyl sites for hydroxylation is 1. The summed E-state index contributed by atoms with van der Waals surface area (Å²) in [7, 11) is 3.44. The van der Waals surface area contributed by atoms with Crippen LogP contribution in [-0.2, 0) is 0 Å². The Morgan fingerprint density at radius 3 is 1.42 bits per heavy atom. The van der Waals surface area contributed by atoms with E-state index in [-0.39, 0.29) is 0 Å². The molecular formula is C41H34O2. The molecule has 6 aromatic rings. The van der Waals surface area contributed by atoms with Gasteiger partial charge in [-0.05, 0) is 75.7 Å². The highest BCUT2D eigenvalue weighted by molar-refractivity contribution is 5.83. The number of hydrogen-bond acceptors (Lipinski definition) is 2. The largest absolute Gasteiger partial charge is 0.496 e. The number of benzene rings is 6. The Balaban J connectivity index is 1.28. The minimum Gasteiger partial charge on any atom is -0.496 e. The van der Waals surface area contributed by atoms with Gasteiger partial charge in [-0.1, -0.05) is 133 Å². The zero-order chi connectivity index (χ0) is 29.6. The van der Waals surface area contributed by atoms with Crippen LogP contribution >= 0.6 is 0 Å². The summed E-state index contributed by atoms with van der Waals surface area (Å²) >= 11 is 0. The number of ether oxygens (including phenoxy) is 2. The number of hydrogen-bond donors (Lipinski definition) is 0. The Kier molecular flexibility index (Phi) is 8.19. The van der Waals surface area contributed by atoms with Crippen LogP contribution in [0.1, 0.15) is 16.7 Å². The fourth-order valence-corrected chi connectivity index (χ4v) is 5.35. The predicted molar refractivity (Wildman–Crippen MR) is 181 cm³/mol. The van der Waals surface area contributed by atoms with Gasteiger partial charge in [-0.3, -0.25) is 0 Å². The van der Waals surface area contributed by atoms with Crippen LogP contribution in [0, 0.1) is 6.92 Å². The third-order valence-corrected chi connectivity index (χ3v) is 7.80. The first-order valence-corrected chi connectivity index (χ1v) is 14.5. The Morgan fingerprint density at radius 2 is 0.814 bits per heavy atom. The van der Waals surface area contributed by atoms with Crippen LogP contribution < -0.4 is 9.47 Å². The van der Waals surface area contributed by atoms with E-state index < -0.39 is 0 Å². The first-order chi connectivity index (χ1) is 21.1. The van der Waals surface area contributed by atoms with E-state index in [0.717, 1.165) is 39.3 Å². The monoisotopic (exact) mass is 558 g/mol. The molecule has 0 radical (unpaired) electrons. The van der Waals surface area contributed by atoms with Crippen molar-refractivity contribution in [2.24, 2.45) is 0 Å². The zero-order valence-electron chi connectivity index (χ0n) is 24.8. The Labute approximate surface area is 254 Å². The van der Waals surface area contributed by atoms with Gasteiger partial charge in [0.15, 0.2) is 0 Å². The van der Waals surface area contributed by atoms with E-state index in [1.54, 1.807) is 14.2 Å². The second-order valence-corrected chi connectivity index (χ2v) is 10.6. The number of methoxy groups -OCH3 is 2. The van der Waals surface area contributed by atoms with Crippen LogP contribution in [0.5, 0.6) is 11.5 Å². The average molecular weight is 559 g/mol. The molecule has 0 aliphatic rings. The molecule has 0 bridgehead atoms. The quantitative estimate of drug-likeness (QED) is 0.173. The van der Waals surface area contributed by atoms with Gasteiger partial charge in [-0.2, -0.15) is 0 Å². The minimum atomic E-state index is 0.833. The first-order valence-electron chi connectivity index (χ1n) is 14.5. The lowest BCUT2D eigenvalue weighted by Crippen LogP contribution is -1.92. The molecule has 6 aromatic carbocycles. The van der Waals surface area contributed by atoms with E-state index in [4.69, 9.17) is 9.47 Å². The molecule has 2 heteroatoms. The maximum Gasteiger partial charge on any atom is 0.126 e. The van der Waals surface area contributed by atoms with E-state index >= 15 is 0 Å². The Hall–Kier alpha value is -5.34. The lowest BCUT2D eigenvalue weighted by atomic mass is 9.94. The summed E-state index contributed by atoms with van der Waals surface area (Å²) in [5.74, 6) is 1.67. The van der Waals surface area contributed by atoms with Crippen molar-refractivity contribution in [3.8, 4) is 56.0 Å². The summed E-state index contributed by atoms with van der Waals surface area (Å²) in [6.45, 7) is 2.11. The van der Waals surface area contributed by atoms with Crippen LogP contribution in [0.2, 0.25) is 0 Å². The molecule has 0 saturated heterocycles. The maximum atomic E-state index is 5.80. The smallest absolute Gasteiger partial charge is 0.126 e. The fourth-order valence-electron chi connectivity index (χ4n) is 5.35. The molecular weight excluding hydrogens is 524 g/mol. The average Bonchev–Trinajstić information content (AvgIpc) is 3.08. The lowest BCUT2D eigenvalue weighted by molar-refractivity contribution is 0.415. The predicted octanol–water partition coefficient (Wildman–Crippen LogP) is 10.9. The molecule has 210 valence electrons. The van der Waals surface area contributed by atoms with Crippen LogP contribution in [0.3, 0.4) is 0 Å². The molecule has 0 unspecified atom stereocenters. The van der Waals surface area contributed by atoms with Crippen LogP contribution in [0.25, 0.3) is 56.7 Å². The van der Waals surface area contributed by atoms with Crippen molar-refractivity contribution in [3.63, 3.8) is 0 Å². The van der Waals surface area contributed by atoms with Crippen molar-refractivity contribution >= 4 is 12.2 Å². The standard InChI is InChI=1S/C41H34O2/c1-29-9-15-34(16-10-29)36-23-25-41(43-3)39(27-36)37-24-26-40(42-2)38(28-37)35-21-19-33(20-22-35)32-17-13-31(14-18-32)12-11-30-7-5-4-6-8-30/h4-28H,1-3H3/b12-11+. The normalized spacial score (nSPS) is 11.0. The van der Waals surface area contributed by atoms with E-state index in [1.165, 1.54) is 33.4 Å². The lowest BCUT2D eigenvalue weighted by Gasteiger charge is -2.15. The molecule has 0 heterocycles. The minimum absolute atomic E-state index is 0.833. The second-order valence-electron chi connectivity index (χ2n) is 10.6. The van der Waals surface area contributed by atoms with E-state index in [0.29, 0.717) is 0 Å². The fraction of sp³-hybridized carbons (Fsp3) is 0.0732. The van der Waals surface area contributed by atoms with Crippen molar-refractivity contribution < 1.29 is 9.47 Å². The first kappa shape index (κ1) is 27.8. The summed E-state index contributed by atoms with van der Waals surface area (Å²) in [5, 5.41) is 0. The van der Waals surface area contributed by atoms with Crippen LogP contribution in [0.15, 0.2) is 140 Å². The van der Waals surface area contributed by atoms with Crippen molar-refractivity contribution in [2.45, 2.75) is 6.92 Å². The molecule has 6 rings (SSSR count). The van der Waals surface area contributed by atoms with Gasteiger partial charge in [0, 0.05) is 11.1 Å². The van der Waals surface area contributed by atoms with Gasteiger partial charge in [-0.15, -0.1) is 0 Å². The molecule has 0 aliphatic heterocycles. The van der Waals surface area contributed by atoms with E-state index in [2.05, 4.69) is 140 Å². The van der Waals surface area contributed by atoms with Gasteiger partial charge >= 0.3 is 0 Å². The molecule has 43 heavy (non-hydrogen) atoms. The van der Waals surface area contributed by atoms with E-state index in [1.807, 2.05) is 18.2 Å². The van der Waals surface area contributed by atoms with Gasteiger partial charge < -0.3 is 9.47 Å². The molecule has 2 nitrogen and oxygen atoms in total. The molecule has 0 spiro atoms. The summed E-state index contributed by atoms with van der Waals surface area (Å²) in [4.78, 5) is 0. The topological polar surface area (TPSA) is 18.5 Å². The zero-order valence-corrected chi connectivity index (χ0v) is 24.8. The molecule has 0 aliphatic carbocycles. The van der Waals surface area contributed by atoms with Gasteiger partial charge in [-0.25, -0.2) is 0 Å². The summed E-state index contributed by atoms with van der Waals surface area (Å²) < 4.78 is 11.6. The highest BCUT2D eigenvalue weighted by Crippen LogP contribution is 2.39. The SMILES string of the molecule is COc1ccc(-c2ccc(C)cc2)cc1-c1ccc(OC)c(-c2ccc(-c3ccc(/C=C/c4ccccc4)cc3)cc2)c1. The van der Waals surface area contributed by atoms with Crippen molar-refractivity contribution in [1.82, 2.24) is 0 Å². The number of rotatable bonds is 8. The molecule has 0 atom stereocenters. The van der Waals surface area contributed by atoms with Gasteiger partial charge in [0.2, 0.25) is 0 Å². The summed E-state index contributed by atoms with van der Waals surface area (Å²) in [6.07, 6.45) is 4.28. The molecule has 0 N–H and O–H groups in total. The molecule has 0 amide bonds. The summed E-state index contributed by atoms with van der Waals surface area (Å²) in [6, 6.07) is 49.0. The molecule has 0 saturated carbocycles. The molecule has 0 aromatic heterocycles. The second kappa shape index (κ2) is 12.7. The van der Waals surface area contributed by atoms with Gasteiger partial charge in [0.25, 0.3) is 0 Å². The van der Waals surface area contributed by atoms with Crippen molar-refractivity contribution in [2.75, 3.05) is 14.2 Å². The maximum absolute atomic E-state index is 5.80. The highest BCUT2D eigenvalue weighted by atomic mass is 16.5. The summed E-state index contributed by atoms with van der Waals surface area (Å²) in [5.41, 5.74) is 12.6. The van der Waals surface area contributed by atoms with Gasteiger partial charge in [0.05, 0.1) is 14.2 Å².